The van der Waals surface area contributed by atoms with Gasteiger partial charge in [-0.25, -0.2) is 13.2 Å². The number of fused-ring (bicyclic) bond motifs is 3. The van der Waals surface area contributed by atoms with Crippen molar-refractivity contribution in [2.45, 2.75) is 81.3 Å². The minimum atomic E-state index is -1.47. The third kappa shape index (κ3) is 5.10. The standard InChI is InChI=1S/C32H36ClF3N6O2/c1-18-15-25(35)26(40(18)3)17-44-31-38-27-22(8-11-32(28(27)36)10-7-21-23(32)5-4-6-24(21)33)29(39-31)41-13-14-42(30(43)19(2)34)20(16-41)9-12-37/h4-6,18,20,25-26,28H,2,7-11,13-17H2,1,3H3/t18-,20+,25+,26?,28+,32-/m1/s1. The molecule has 2 aromatic rings. The van der Waals surface area contributed by atoms with Crippen LogP contribution in [0.25, 0.3) is 0 Å². The molecule has 0 N–H and O–H groups in total. The number of hydrogen-bond donors (Lipinski definition) is 0. The van der Waals surface area contributed by atoms with E-state index < -0.39 is 41.6 Å². The monoisotopic (exact) mass is 628 g/mol. The number of nitriles is 1. The Bertz CT molecular complexity index is 1520. The molecule has 6 atom stereocenters. The third-order valence-electron chi connectivity index (χ3n) is 10.2. The number of anilines is 1. The molecule has 1 aromatic heterocycles. The molecular weight excluding hydrogens is 593 g/mol. The van der Waals surface area contributed by atoms with Gasteiger partial charge in [0.05, 0.1) is 30.3 Å². The second kappa shape index (κ2) is 11.9. The molecule has 12 heteroatoms. The van der Waals surface area contributed by atoms with E-state index in [-0.39, 0.29) is 50.4 Å². The highest BCUT2D eigenvalue weighted by Gasteiger charge is 2.51. The van der Waals surface area contributed by atoms with Crippen molar-refractivity contribution in [3.8, 4) is 12.1 Å². The highest BCUT2D eigenvalue weighted by atomic mass is 35.5. The van der Waals surface area contributed by atoms with Crippen LogP contribution in [0.3, 0.4) is 0 Å². The molecule has 1 unspecified atom stereocenters. The molecule has 1 spiro atoms. The van der Waals surface area contributed by atoms with Crippen molar-refractivity contribution >= 4 is 23.3 Å². The van der Waals surface area contributed by atoms with E-state index >= 15 is 4.39 Å². The average molecular weight is 629 g/mol. The van der Waals surface area contributed by atoms with Gasteiger partial charge in [0, 0.05) is 41.7 Å². The summed E-state index contributed by atoms with van der Waals surface area (Å²) in [5.74, 6) is -1.47. The average Bonchev–Trinajstić information content (AvgIpc) is 3.50. The van der Waals surface area contributed by atoms with E-state index in [1.165, 1.54) is 4.90 Å². The van der Waals surface area contributed by atoms with Crippen LogP contribution in [0, 0.1) is 11.3 Å². The van der Waals surface area contributed by atoms with Crippen LogP contribution in [0.1, 0.15) is 61.2 Å². The molecule has 0 radical (unpaired) electrons. The summed E-state index contributed by atoms with van der Waals surface area (Å²) in [5, 5.41) is 10.1. The third-order valence-corrected chi connectivity index (χ3v) is 10.6. The van der Waals surface area contributed by atoms with Crippen molar-refractivity contribution in [1.82, 2.24) is 19.8 Å². The molecule has 44 heavy (non-hydrogen) atoms. The van der Waals surface area contributed by atoms with Gasteiger partial charge in [-0.2, -0.15) is 15.2 Å². The van der Waals surface area contributed by atoms with E-state index in [9.17, 15) is 18.8 Å². The lowest BCUT2D eigenvalue weighted by molar-refractivity contribution is -0.131. The van der Waals surface area contributed by atoms with Crippen LogP contribution in [0.5, 0.6) is 6.01 Å². The maximum absolute atomic E-state index is 17.0. The summed E-state index contributed by atoms with van der Waals surface area (Å²) in [6.45, 7) is 5.68. The molecule has 1 amide bonds. The molecule has 2 saturated heterocycles. The van der Waals surface area contributed by atoms with Gasteiger partial charge in [-0.15, -0.1) is 0 Å². The fourth-order valence-corrected chi connectivity index (χ4v) is 7.90. The Morgan fingerprint density at radius 2 is 1.98 bits per heavy atom. The molecule has 4 aliphatic rings. The zero-order valence-corrected chi connectivity index (χ0v) is 25.7. The Kier molecular flexibility index (Phi) is 8.26. The number of alkyl halides is 2. The number of benzene rings is 1. The number of carbonyl (C=O) groups is 1. The first kappa shape index (κ1) is 30.7. The van der Waals surface area contributed by atoms with Crippen molar-refractivity contribution in [3.05, 3.63) is 58.0 Å². The number of nitrogens with zero attached hydrogens (tertiary/aromatic N) is 6. The van der Waals surface area contributed by atoms with E-state index in [2.05, 4.69) is 17.6 Å². The fraction of sp³-hybridized carbons (Fsp3) is 0.562. The number of halogens is 4. The number of aromatic nitrogens is 2. The largest absolute Gasteiger partial charge is 0.462 e. The van der Waals surface area contributed by atoms with E-state index in [0.29, 0.717) is 48.5 Å². The number of likely N-dealkylation sites (N-methyl/N-ethyl adjacent to an activating group) is 1. The molecule has 2 aliphatic carbocycles. The quantitative estimate of drug-likeness (QED) is 0.407. The van der Waals surface area contributed by atoms with Crippen molar-refractivity contribution in [2.75, 3.05) is 38.2 Å². The molecule has 8 nitrogen and oxygen atoms in total. The van der Waals surface area contributed by atoms with Crippen LogP contribution in [0.2, 0.25) is 5.02 Å². The van der Waals surface area contributed by atoms with Crippen LogP contribution in [-0.4, -0.2) is 83.3 Å². The number of amides is 1. The second-order valence-corrected chi connectivity index (χ2v) is 12.9. The van der Waals surface area contributed by atoms with Gasteiger partial charge < -0.3 is 14.5 Å². The van der Waals surface area contributed by atoms with Crippen molar-refractivity contribution in [3.63, 3.8) is 0 Å². The summed E-state index contributed by atoms with van der Waals surface area (Å²) in [7, 11) is 1.85. The van der Waals surface area contributed by atoms with Crippen LogP contribution in [0.15, 0.2) is 30.6 Å². The van der Waals surface area contributed by atoms with Gasteiger partial charge in [-0.3, -0.25) is 9.69 Å². The van der Waals surface area contributed by atoms with Crippen LogP contribution < -0.4 is 9.64 Å². The maximum atomic E-state index is 17.0. The molecule has 0 bridgehead atoms. The molecule has 1 aromatic carbocycles. The molecule has 3 heterocycles. The van der Waals surface area contributed by atoms with Crippen molar-refractivity contribution in [1.29, 1.82) is 5.26 Å². The Labute approximate surface area is 260 Å². The lowest BCUT2D eigenvalue weighted by Crippen LogP contribution is -2.55. The molecule has 6 rings (SSSR count). The summed E-state index contributed by atoms with van der Waals surface area (Å²) in [5.41, 5.74) is 1.96. The number of likely N-dealkylation sites (tertiary alicyclic amines) is 1. The van der Waals surface area contributed by atoms with E-state index in [1.54, 1.807) is 0 Å². The first-order valence-electron chi connectivity index (χ1n) is 15.1. The van der Waals surface area contributed by atoms with Gasteiger partial charge in [0.15, 0.2) is 12.0 Å². The van der Waals surface area contributed by atoms with Crippen molar-refractivity contribution in [2.24, 2.45) is 0 Å². The first-order chi connectivity index (χ1) is 21.1. The Morgan fingerprint density at radius 1 is 1.23 bits per heavy atom. The van der Waals surface area contributed by atoms with Gasteiger partial charge in [0.25, 0.3) is 5.91 Å². The molecule has 0 saturated carbocycles. The van der Waals surface area contributed by atoms with E-state index in [4.69, 9.17) is 21.3 Å². The zero-order valence-electron chi connectivity index (χ0n) is 24.9. The molecule has 234 valence electrons. The highest BCUT2D eigenvalue weighted by molar-refractivity contribution is 6.31. The Hall–Kier alpha value is -3.36. The topological polar surface area (TPSA) is 85.6 Å². The second-order valence-electron chi connectivity index (χ2n) is 12.5. The number of rotatable bonds is 6. The number of carbonyl (C=O) groups excluding carboxylic acids is 1. The highest BCUT2D eigenvalue weighted by Crippen LogP contribution is 2.56. The predicted molar refractivity (Wildman–Crippen MR) is 160 cm³/mol. The SMILES string of the molecule is C=C(F)C(=O)N1CCN(c2nc(OCC3[C@@H](F)C[C@@H](C)N3C)nc3c2CC[C@@]2(CCc4c(Cl)cccc42)[C@H]3F)C[C@@H]1CC#N. The van der Waals surface area contributed by atoms with Crippen LogP contribution in [-0.2, 0) is 23.1 Å². The predicted octanol–water partition coefficient (Wildman–Crippen LogP) is 5.19. The first-order valence-corrected chi connectivity index (χ1v) is 15.5. The van der Waals surface area contributed by atoms with Gasteiger partial charge in [-0.1, -0.05) is 30.3 Å². The summed E-state index contributed by atoms with van der Waals surface area (Å²) in [6.07, 6.45) is 0.111. The summed E-state index contributed by atoms with van der Waals surface area (Å²) < 4.78 is 51.7. The molecule has 2 aliphatic heterocycles. The normalized spacial score (nSPS) is 29.8. The van der Waals surface area contributed by atoms with Crippen LogP contribution >= 0.6 is 11.6 Å². The van der Waals surface area contributed by atoms with E-state index in [0.717, 1.165) is 11.1 Å². The minimum absolute atomic E-state index is 0.00127. The van der Waals surface area contributed by atoms with Crippen LogP contribution in [0.4, 0.5) is 19.0 Å². The number of ether oxygens (including phenoxy) is 1. The summed E-state index contributed by atoms with van der Waals surface area (Å²) in [4.78, 5) is 27.0. The number of piperazine rings is 1. The van der Waals surface area contributed by atoms with Gasteiger partial charge in [0.2, 0.25) is 0 Å². The number of hydrogen-bond acceptors (Lipinski definition) is 7. The zero-order chi connectivity index (χ0) is 31.3. The lowest BCUT2D eigenvalue weighted by atomic mass is 9.68. The summed E-state index contributed by atoms with van der Waals surface area (Å²) in [6, 6.07) is 6.61. The lowest BCUT2D eigenvalue weighted by Gasteiger charge is -2.43. The fourth-order valence-electron chi connectivity index (χ4n) is 7.63. The Morgan fingerprint density at radius 3 is 2.66 bits per heavy atom. The molecular formula is C32H36ClF3N6O2. The summed E-state index contributed by atoms with van der Waals surface area (Å²) >= 11 is 6.51. The molecule has 2 fully saturated rings. The van der Waals surface area contributed by atoms with Gasteiger partial charge in [-0.05, 0) is 63.3 Å². The van der Waals surface area contributed by atoms with Crippen molar-refractivity contribution < 1.29 is 22.7 Å². The smallest absolute Gasteiger partial charge is 0.318 e. The van der Waals surface area contributed by atoms with E-state index in [1.807, 2.05) is 42.0 Å². The van der Waals surface area contributed by atoms with Gasteiger partial charge >= 0.3 is 6.01 Å². The van der Waals surface area contributed by atoms with Gasteiger partial charge in [0.1, 0.15) is 18.6 Å². The Balaban J connectivity index is 1.37. The maximum Gasteiger partial charge on any atom is 0.318 e. The minimum Gasteiger partial charge on any atom is -0.462 e.